The van der Waals surface area contributed by atoms with Crippen molar-refractivity contribution in [2.24, 2.45) is 11.8 Å². The molecule has 5 nitrogen and oxygen atoms in total. The molecule has 4 rings (SSSR count). The maximum absolute atomic E-state index is 12.4. The smallest absolute Gasteiger partial charge is 0.456 e. The summed E-state index contributed by atoms with van der Waals surface area (Å²) in [6.45, 7) is 11.1. The summed E-state index contributed by atoms with van der Waals surface area (Å²) in [5.41, 5.74) is -1.19. The summed E-state index contributed by atoms with van der Waals surface area (Å²) in [6.07, 6.45) is 5.25. The first kappa shape index (κ1) is 18.3. The fourth-order valence-corrected chi connectivity index (χ4v) is 5.11. The van der Waals surface area contributed by atoms with Crippen LogP contribution >= 0.6 is 0 Å². The number of hydrogen-bond acceptors (Lipinski definition) is 5. The van der Waals surface area contributed by atoms with Crippen LogP contribution in [0.15, 0.2) is 12.2 Å². The Hall–Kier alpha value is -1.52. The van der Waals surface area contributed by atoms with Gasteiger partial charge in [-0.2, -0.15) is 0 Å². The number of ether oxygens (including phenoxy) is 3. The van der Waals surface area contributed by atoms with Crippen LogP contribution in [-0.2, 0) is 19.0 Å². The van der Waals surface area contributed by atoms with E-state index in [0.29, 0.717) is 23.8 Å². The molecule has 4 aliphatic carbocycles. The molecule has 0 spiro atoms. The second-order valence-electron chi connectivity index (χ2n) is 9.06. The molecule has 4 saturated carbocycles. The standard InChI is InChI=1S/C20H30O5/c1-6-18(4,5)24-17(22)25-20-10-14-7-15(11-20)9-19(8-14,12-20)23-16(21)13(2)3/h14-15H,2,6-12H2,1,3-5H3. The van der Waals surface area contributed by atoms with Crippen LogP contribution in [0.25, 0.3) is 0 Å². The average molecular weight is 350 g/mol. The van der Waals surface area contributed by atoms with Crippen molar-refractivity contribution in [3.05, 3.63) is 12.2 Å². The Morgan fingerprint density at radius 2 is 1.60 bits per heavy atom. The Labute approximate surface area is 150 Å². The molecule has 4 fully saturated rings. The normalized spacial score (nSPS) is 36.0. The summed E-state index contributed by atoms with van der Waals surface area (Å²) in [5, 5.41) is 0. The molecule has 0 heterocycles. The number of carbonyl (C=O) groups is 2. The van der Waals surface area contributed by atoms with E-state index in [0.717, 1.165) is 38.5 Å². The summed E-state index contributed by atoms with van der Waals surface area (Å²) >= 11 is 0. The van der Waals surface area contributed by atoms with Crippen LogP contribution < -0.4 is 0 Å². The van der Waals surface area contributed by atoms with Gasteiger partial charge < -0.3 is 14.2 Å². The van der Waals surface area contributed by atoms with E-state index in [4.69, 9.17) is 14.2 Å². The molecule has 0 N–H and O–H groups in total. The highest BCUT2D eigenvalue weighted by molar-refractivity contribution is 5.87. The summed E-state index contributed by atoms with van der Waals surface area (Å²) in [7, 11) is 0. The third kappa shape index (κ3) is 3.70. The van der Waals surface area contributed by atoms with E-state index in [2.05, 4.69) is 6.58 Å². The largest absolute Gasteiger partial charge is 0.509 e. The molecule has 4 aliphatic rings. The van der Waals surface area contributed by atoms with E-state index in [1.165, 1.54) is 0 Å². The van der Waals surface area contributed by atoms with Crippen molar-refractivity contribution < 1.29 is 23.8 Å². The van der Waals surface area contributed by atoms with E-state index in [1.54, 1.807) is 6.92 Å². The van der Waals surface area contributed by atoms with Gasteiger partial charge in [-0.3, -0.25) is 0 Å². The van der Waals surface area contributed by atoms with E-state index >= 15 is 0 Å². The van der Waals surface area contributed by atoms with Gasteiger partial charge in [0.05, 0.1) is 0 Å². The molecule has 2 unspecified atom stereocenters. The molecule has 4 bridgehead atoms. The molecule has 0 aromatic rings. The molecule has 2 atom stereocenters. The van der Waals surface area contributed by atoms with Crippen LogP contribution in [0.3, 0.4) is 0 Å². The Balaban J connectivity index is 1.75. The van der Waals surface area contributed by atoms with Crippen LogP contribution in [0, 0.1) is 11.8 Å². The van der Waals surface area contributed by atoms with Crippen LogP contribution in [0.4, 0.5) is 4.79 Å². The molecular weight excluding hydrogens is 320 g/mol. The lowest BCUT2D eigenvalue weighted by atomic mass is 9.52. The number of hydrogen-bond donors (Lipinski definition) is 0. The van der Waals surface area contributed by atoms with Gasteiger partial charge in [-0.15, -0.1) is 0 Å². The Morgan fingerprint density at radius 1 is 1.08 bits per heavy atom. The molecule has 0 radical (unpaired) electrons. The van der Waals surface area contributed by atoms with Crippen LogP contribution in [-0.4, -0.2) is 28.9 Å². The van der Waals surface area contributed by atoms with Crippen molar-refractivity contribution in [2.45, 2.75) is 89.4 Å². The zero-order chi connectivity index (χ0) is 18.5. The van der Waals surface area contributed by atoms with Gasteiger partial charge in [0.1, 0.15) is 16.8 Å². The van der Waals surface area contributed by atoms with Gasteiger partial charge in [-0.1, -0.05) is 13.5 Å². The van der Waals surface area contributed by atoms with Crippen LogP contribution in [0.2, 0.25) is 0 Å². The van der Waals surface area contributed by atoms with Crippen molar-refractivity contribution in [1.82, 2.24) is 0 Å². The maximum atomic E-state index is 12.4. The third-order valence-electron chi connectivity index (χ3n) is 6.12. The summed E-state index contributed by atoms with van der Waals surface area (Å²) in [5.74, 6) is 0.532. The number of rotatable bonds is 5. The second-order valence-corrected chi connectivity index (χ2v) is 9.06. The fourth-order valence-electron chi connectivity index (χ4n) is 5.11. The topological polar surface area (TPSA) is 61.8 Å². The maximum Gasteiger partial charge on any atom is 0.509 e. The molecule has 140 valence electrons. The minimum absolute atomic E-state index is 0.341. The fraction of sp³-hybridized carbons (Fsp3) is 0.800. The van der Waals surface area contributed by atoms with E-state index in [-0.39, 0.29) is 5.97 Å². The molecule has 0 aliphatic heterocycles. The van der Waals surface area contributed by atoms with E-state index in [9.17, 15) is 9.59 Å². The second kappa shape index (κ2) is 6.03. The highest BCUT2D eigenvalue weighted by Gasteiger charge is 2.61. The first-order valence-electron chi connectivity index (χ1n) is 9.37. The van der Waals surface area contributed by atoms with Crippen LogP contribution in [0.1, 0.15) is 72.6 Å². The first-order chi connectivity index (χ1) is 11.6. The molecular formula is C20H30O5. The number of esters is 1. The van der Waals surface area contributed by atoms with Gasteiger partial charge in [0.2, 0.25) is 0 Å². The van der Waals surface area contributed by atoms with Gasteiger partial charge in [0, 0.05) is 12.0 Å². The Morgan fingerprint density at radius 3 is 2.08 bits per heavy atom. The minimum Gasteiger partial charge on any atom is -0.456 e. The lowest BCUT2D eigenvalue weighted by molar-refractivity contribution is -0.223. The first-order valence-corrected chi connectivity index (χ1v) is 9.37. The highest BCUT2D eigenvalue weighted by Crippen LogP contribution is 2.60. The van der Waals surface area contributed by atoms with Gasteiger partial charge in [-0.05, 0) is 71.1 Å². The van der Waals surface area contributed by atoms with Gasteiger partial charge in [0.25, 0.3) is 0 Å². The summed E-state index contributed by atoms with van der Waals surface area (Å²) in [4.78, 5) is 24.5. The third-order valence-corrected chi connectivity index (χ3v) is 6.12. The average Bonchev–Trinajstić information content (AvgIpc) is 2.43. The SMILES string of the molecule is C=C(C)C(=O)OC12CC3CC(CC(OC(=O)OC(C)(C)CC)(C3)C1)C2. The minimum atomic E-state index is -0.602. The van der Waals surface area contributed by atoms with Crippen molar-refractivity contribution >= 4 is 12.1 Å². The lowest BCUT2D eigenvalue weighted by Crippen LogP contribution is -2.62. The molecule has 0 aromatic heterocycles. The van der Waals surface area contributed by atoms with Gasteiger partial charge >= 0.3 is 12.1 Å². The zero-order valence-electron chi connectivity index (χ0n) is 15.9. The molecule has 5 heteroatoms. The van der Waals surface area contributed by atoms with Crippen molar-refractivity contribution in [2.75, 3.05) is 0 Å². The molecule has 0 aromatic carbocycles. The van der Waals surface area contributed by atoms with Gasteiger partial charge in [-0.25, -0.2) is 9.59 Å². The van der Waals surface area contributed by atoms with Crippen molar-refractivity contribution in [3.63, 3.8) is 0 Å². The number of carbonyl (C=O) groups excluding carboxylic acids is 2. The molecule has 0 amide bonds. The molecule has 0 saturated heterocycles. The van der Waals surface area contributed by atoms with Gasteiger partial charge in [0.15, 0.2) is 0 Å². The predicted molar refractivity (Wildman–Crippen MR) is 93.0 cm³/mol. The Kier molecular flexibility index (Phi) is 4.41. The zero-order valence-corrected chi connectivity index (χ0v) is 15.9. The van der Waals surface area contributed by atoms with Crippen LogP contribution in [0.5, 0.6) is 0 Å². The van der Waals surface area contributed by atoms with Crippen molar-refractivity contribution in [3.8, 4) is 0 Å². The predicted octanol–water partition coefficient (Wildman–Crippen LogP) is 4.54. The summed E-state index contributed by atoms with van der Waals surface area (Å²) < 4.78 is 17.2. The van der Waals surface area contributed by atoms with Crippen molar-refractivity contribution in [1.29, 1.82) is 0 Å². The highest BCUT2D eigenvalue weighted by atomic mass is 16.7. The quantitative estimate of drug-likeness (QED) is 0.538. The molecule has 25 heavy (non-hydrogen) atoms. The monoisotopic (exact) mass is 350 g/mol. The van der Waals surface area contributed by atoms with E-state index < -0.39 is 23.0 Å². The lowest BCUT2D eigenvalue weighted by Gasteiger charge is -2.59. The van der Waals surface area contributed by atoms with E-state index in [1.807, 2.05) is 20.8 Å². The Bertz CT molecular complexity index is 577. The summed E-state index contributed by atoms with van der Waals surface area (Å²) in [6, 6.07) is 0.